The number of aromatic carboxylic acids is 1. The van der Waals surface area contributed by atoms with Gasteiger partial charge < -0.3 is 15.0 Å². The van der Waals surface area contributed by atoms with Crippen LogP contribution in [0.1, 0.15) is 22.8 Å². The zero-order chi connectivity index (χ0) is 14.5. The third kappa shape index (κ3) is 3.03. The molecule has 2 aromatic rings. The van der Waals surface area contributed by atoms with E-state index >= 15 is 0 Å². The molecule has 1 heterocycles. The second kappa shape index (κ2) is 6.01. The minimum absolute atomic E-state index is 0.190. The van der Waals surface area contributed by atoms with Crippen molar-refractivity contribution in [1.29, 1.82) is 0 Å². The Morgan fingerprint density at radius 1 is 1.45 bits per heavy atom. The largest absolute Gasteiger partial charge is 0.478 e. The number of rotatable bonds is 5. The van der Waals surface area contributed by atoms with Gasteiger partial charge in [0, 0.05) is 25.5 Å². The zero-order valence-corrected chi connectivity index (χ0v) is 11.0. The number of benzene rings is 1. The predicted molar refractivity (Wildman–Crippen MR) is 74.9 cm³/mol. The molecule has 0 amide bonds. The van der Waals surface area contributed by atoms with E-state index in [9.17, 15) is 9.59 Å². The molecule has 0 saturated carbocycles. The van der Waals surface area contributed by atoms with Crippen molar-refractivity contribution < 1.29 is 9.90 Å². The number of hydrogen-bond donors (Lipinski definition) is 2. The maximum absolute atomic E-state index is 11.9. The molecule has 0 aliphatic rings. The minimum atomic E-state index is -0.974. The predicted octanol–water partition coefficient (Wildman–Crippen LogP) is 1.57. The van der Waals surface area contributed by atoms with E-state index in [-0.39, 0.29) is 16.9 Å². The molecule has 0 saturated heterocycles. The SMILES string of the molecule is CCn1ccnc(NCc2cccc(C(=O)O)c2)c1=O. The van der Waals surface area contributed by atoms with Crippen LogP contribution in [0.2, 0.25) is 0 Å². The van der Waals surface area contributed by atoms with Crippen molar-refractivity contribution >= 4 is 11.8 Å². The lowest BCUT2D eigenvalue weighted by atomic mass is 10.1. The van der Waals surface area contributed by atoms with Crippen LogP contribution in [0.4, 0.5) is 5.82 Å². The van der Waals surface area contributed by atoms with Gasteiger partial charge >= 0.3 is 5.97 Å². The van der Waals surface area contributed by atoms with Gasteiger partial charge in [-0.2, -0.15) is 0 Å². The molecule has 0 bridgehead atoms. The average Bonchev–Trinajstić information content (AvgIpc) is 2.46. The number of aromatic nitrogens is 2. The summed E-state index contributed by atoms with van der Waals surface area (Å²) in [6.45, 7) is 2.79. The second-order valence-electron chi connectivity index (χ2n) is 4.23. The molecule has 6 heteroatoms. The van der Waals surface area contributed by atoms with Crippen LogP contribution in [0.15, 0.2) is 41.5 Å². The Morgan fingerprint density at radius 3 is 2.95 bits per heavy atom. The molecule has 104 valence electrons. The summed E-state index contributed by atoms with van der Waals surface area (Å²) < 4.78 is 1.54. The number of carbonyl (C=O) groups is 1. The van der Waals surface area contributed by atoms with Gasteiger partial charge in [-0.15, -0.1) is 0 Å². The Balaban J connectivity index is 2.15. The Kier molecular flexibility index (Phi) is 4.14. The first-order chi connectivity index (χ1) is 9.61. The van der Waals surface area contributed by atoms with E-state index in [1.54, 1.807) is 35.2 Å². The molecule has 0 radical (unpaired) electrons. The van der Waals surface area contributed by atoms with Crippen molar-refractivity contribution in [2.24, 2.45) is 0 Å². The van der Waals surface area contributed by atoms with Gasteiger partial charge in [0.2, 0.25) is 0 Å². The van der Waals surface area contributed by atoms with Crippen LogP contribution in [0.25, 0.3) is 0 Å². The summed E-state index contributed by atoms with van der Waals surface area (Å²) in [7, 11) is 0. The van der Waals surface area contributed by atoms with Gasteiger partial charge in [0.25, 0.3) is 5.56 Å². The van der Waals surface area contributed by atoms with Gasteiger partial charge in [0.05, 0.1) is 5.56 Å². The van der Waals surface area contributed by atoms with Crippen molar-refractivity contribution in [2.45, 2.75) is 20.0 Å². The maximum Gasteiger partial charge on any atom is 0.335 e. The van der Waals surface area contributed by atoms with Gasteiger partial charge in [0.1, 0.15) is 0 Å². The number of anilines is 1. The molecule has 0 unspecified atom stereocenters. The highest BCUT2D eigenvalue weighted by Crippen LogP contribution is 2.07. The summed E-state index contributed by atoms with van der Waals surface area (Å²) in [4.78, 5) is 26.8. The number of carboxylic acid groups (broad SMARTS) is 1. The lowest BCUT2D eigenvalue weighted by Gasteiger charge is -2.08. The molecule has 0 spiro atoms. The Bertz CT molecular complexity index is 679. The number of nitrogens with one attached hydrogen (secondary N) is 1. The fourth-order valence-electron chi connectivity index (χ4n) is 1.82. The van der Waals surface area contributed by atoms with Crippen LogP contribution in [0.5, 0.6) is 0 Å². The summed E-state index contributed by atoms with van der Waals surface area (Å²) in [6.07, 6.45) is 3.18. The van der Waals surface area contributed by atoms with Crippen LogP contribution in [0, 0.1) is 0 Å². The van der Waals surface area contributed by atoms with Gasteiger partial charge in [-0.3, -0.25) is 4.79 Å². The Hall–Kier alpha value is -2.63. The summed E-state index contributed by atoms with van der Waals surface area (Å²) in [6, 6.07) is 6.55. The first-order valence-corrected chi connectivity index (χ1v) is 6.23. The summed E-state index contributed by atoms with van der Waals surface area (Å²) in [5.74, 6) is -0.715. The van der Waals surface area contributed by atoms with Crippen LogP contribution in [-0.2, 0) is 13.1 Å². The molecular weight excluding hydrogens is 258 g/mol. The third-order valence-electron chi connectivity index (χ3n) is 2.89. The van der Waals surface area contributed by atoms with Crippen molar-refractivity contribution in [3.05, 3.63) is 58.1 Å². The van der Waals surface area contributed by atoms with Crippen LogP contribution in [-0.4, -0.2) is 20.6 Å². The van der Waals surface area contributed by atoms with Crippen molar-refractivity contribution in [3.8, 4) is 0 Å². The molecule has 2 N–H and O–H groups in total. The summed E-state index contributed by atoms with van der Waals surface area (Å²) in [5, 5.41) is 11.9. The minimum Gasteiger partial charge on any atom is -0.478 e. The fourth-order valence-corrected chi connectivity index (χ4v) is 1.82. The van der Waals surface area contributed by atoms with E-state index in [1.807, 2.05) is 6.92 Å². The Labute approximate surface area is 115 Å². The maximum atomic E-state index is 11.9. The Morgan fingerprint density at radius 2 is 2.25 bits per heavy atom. The van der Waals surface area contributed by atoms with Crippen LogP contribution >= 0.6 is 0 Å². The molecule has 0 aliphatic heterocycles. The number of nitrogens with zero attached hydrogens (tertiary/aromatic N) is 2. The van der Waals surface area contributed by atoms with Crippen molar-refractivity contribution in [2.75, 3.05) is 5.32 Å². The van der Waals surface area contributed by atoms with Gasteiger partial charge in [-0.25, -0.2) is 9.78 Å². The topological polar surface area (TPSA) is 84.2 Å². The molecule has 6 nitrogen and oxygen atoms in total. The smallest absolute Gasteiger partial charge is 0.335 e. The standard InChI is InChI=1S/C14H15N3O3/c1-2-17-7-6-15-12(13(17)18)16-9-10-4-3-5-11(8-10)14(19)20/h3-8H,2,9H2,1H3,(H,15,16)(H,19,20). The molecule has 0 fully saturated rings. The quantitative estimate of drug-likeness (QED) is 0.864. The van der Waals surface area contributed by atoms with Crippen molar-refractivity contribution in [1.82, 2.24) is 9.55 Å². The highest BCUT2D eigenvalue weighted by molar-refractivity contribution is 5.87. The zero-order valence-electron chi connectivity index (χ0n) is 11.0. The second-order valence-corrected chi connectivity index (χ2v) is 4.23. The van der Waals surface area contributed by atoms with E-state index in [0.717, 1.165) is 5.56 Å². The summed E-state index contributed by atoms with van der Waals surface area (Å²) >= 11 is 0. The number of aryl methyl sites for hydroxylation is 1. The van der Waals surface area contributed by atoms with E-state index in [4.69, 9.17) is 5.11 Å². The van der Waals surface area contributed by atoms with E-state index < -0.39 is 5.97 Å². The molecule has 1 aromatic carbocycles. The van der Waals surface area contributed by atoms with Gasteiger partial charge in [0.15, 0.2) is 5.82 Å². The van der Waals surface area contributed by atoms with Crippen LogP contribution in [0.3, 0.4) is 0 Å². The van der Waals surface area contributed by atoms with Crippen molar-refractivity contribution in [3.63, 3.8) is 0 Å². The highest BCUT2D eigenvalue weighted by atomic mass is 16.4. The first kappa shape index (κ1) is 13.8. The lowest BCUT2D eigenvalue weighted by Crippen LogP contribution is -2.23. The fraction of sp³-hybridized carbons (Fsp3) is 0.214. The average molecular weight is 273 g/mol. The normalized spacial score (nSPS) is 10.2. The molecule has 1 aromatic heterocycles. The molecule has 2 rings (SSSR count). The molecule has 0 atom stereocenters. The summed E-state index contributed by atoms with van der Waals surface area (Å²) in [5.41, 5.74) is 0.804. The molecular formula is C14H15N3O3. The molecule has 0 aliphatic carbocycles. The van der Waals surface area contributed by atoms with E-state index in [0.29, 0.717) is 13.1 Å². The van der Waals surface area contributed by atoms with E-state index in [1.165, 1.54) is 6.07 Å². The third-order valence-corrected chi connectivity index (χ3v) is 2.89. The highest BCUT2D eigenvalue weighted by Gasteiger charge is 2.05. The number of hydrogen-bond acceptors (Lipinski definition) is 4. The van der Waals surface area contributed by atoms with Crippen LogP contribution < -0.4 is 10.9 Å². The van der Waals surface area contributed by atoms with Gasteiger partial charge in [-0.1, -0.05) is 12.1 Å². The first-order valence-electron chi connectivity index (χ1n) is 6.23. The monoisotopic (exact) mass is 273 g/mol. The lowest BCUT2D eigenvalue weighted by molar-refractivity contribution is 0.0697. The van der Waals surface area contributed by atoms with E-state index in [2.05, 4.69) is 10.3 Å². The number of carboxylic acids is 1. The molecule has 20 heavy (non-hydrogen) atoms. The van der Waals surface area contributed by atoms with Gasteiger partial charge in [-0.05, 0) is 24.6 Å².